The summed E-state index contributed by atoms with van der Waals surface area (Å²) in [5.41, 5.74) is 2.93. The predicted molar refractivity (Wildman–Crippen MR) is 122 cm³/mol. The smallest absolute Gasteiger partial charge is 0.247 e. The van der Waals surface area contributed by atoms with E-state index >= 15 is 0 Å². The van der Waals surface area contributed by atoms with Crippen LogP contribution in [0, 0.1) is 0 Å². The van der Waals surface area contributed by atoms with Crippen molar-refractivity contribution in [3.05, 3.63) is 36.2 Å². The number of fused-ring (bicyclic) bond motifs is 2. The average Bonchev–Trinajstić information content (AvgIpc) is 3.24. The summed E-state index contributed by atoms with van der Waals surface area (Å²) in [6, 6.07) is 5.85. The van der Waals surface area contributed by atoms with E-state index < -0.39 is 21.5 Å². The van der Waals surface area contributed by atoms with Crippen LogP contribution in [0.2, 0.25) is 0 Å². The minimum Gasteiger partial charge on any atom is -0.373 e. The minimum absolute atomic E-state index is 0.369. The van der Waals surface area contributed by atoms with Gasteiger partial charge in [-0.1, -0.05) is 19.9 Å². The topological polar surface area (TPSA) is 151 Å². The van der Waals surface area contributed by atoms with E-state index in [-0.39, 0.29) is 5.41 Å². The number of nitrogens with zero attached hydrogens (tertiary/aromatic N) is 5. The second kappa shape index (κ2) is 7.29. The summed E-state index contributed by atoms with van der Waals surface area (Å²) in [5.74, 6) is 1.07. The number of hydrogen-bond donors (Lipinski definition) is 4. The summed E-state index contributed by atoms with van der Waals surface area (Å²) < 4.78 is 24.9. The van der Waals surface area contributed by atoms with Gasteiger partial charge in [0.2, 0.25) is 16.0 Å². The molecular formula is C20H26N8O3S. The molecule has 1 fully saturated rings. The first-order chi connectivity index (χ1) is 15.1. The molecule has 2 aliphatic heterocycles. The first-order valence-corrected chi connectivity index (χ1v) is 12.1. The number of benzene rings is 1. The molecule has 1 unspecified atom stereocenters. The van der Waals surface area contributed by atoms with Crippen molar-refractivity contribution in [3.63, 3.8) is 0 Å². The Morgan fingerprint density at radius 3 is 2.75 bits per heavy atom. The highest BCUT2D eigenvalue weighted by Gasteiger charge is 2.38. The number of aliphatic hydroxyl groups is 1. The van der Waals surface area contributed by atoms with E-state index in [1.54, 1.807) is 16.9 Å². The Kier molecular flexibility index (Phi) is 4.76. The van der Waals surface area contributed by atoms with Crippen molar-refractivity contribution in [2.75, 3.05) is 28.6 Å². The summed E-state index contributed by atoms with van der Waals surface area (Å²) in [7, 11) is -3.53. The number of aliphatic hydroxyl groups excluding tert-OH is 1. The molecule has 3 aromatic rings. The Bertz CT molecular complexity index is 1280. The molecule has 0 spiro atoms. The number of sulfonamides is 1. The summed E-state index contributed by atoms with van der Waals surface area (Å²) >= 11 is 0. The van der Waals surface area contributed by atoms with Crippen LogP contribution in [0.4, 0.5) is 23.1 Å². The van der Waals surface area contributed by atoms with Crippen LogP contribution in [-0.4, -0.2) is 57.7 Å². The van der Waals surface area contributed by atoms with Crippen LogP contribution in [0.25, 0.3) is 5.65 Å². The SMILES string of the molecule is CC1(C)c2ccc(Nc3nc4c(N5CCC(S(N)(=O)=O)CC5)nccn4n3)cc2NC1O. The highest BCUT2D eigenvalue weighted by Crippen LogP contribution is 2.41. The van der Waals surface area contributed by atoms with Crippen LogP contribution in [0.15, 0.2) is 30.6 Å². The quantitative estimate of drug-likeness (QED) is 0.451. The van der Waals surface area contributed by atoms with E-state index in [1.807, 2.05) is 36.9 Å². The largest absolute Gasteiger partial charge is 0.373 e. The van der Waals surface area contributed by atoms with E-state index in [9.17, 15) is 13.5 Å². The van der Waals surface area contributed by atoms with E-state index in [0.29, 0.717) is 43.3 Å². The lowest BCUT2D eigenvalue weighted by atomic mass is 9.85. The number of piperidine rings is 1. The Morgan fingerprint density at radius 1 is 1.28 bits per heavy atom. The van der Waals surface area contributed by atoms with Crippen LogP contribution >= 0.6 is 0 Å². The number of aromatic nitrogens is 4. The molecule has 0 saturated carbocycles. The minimum atomic E-state index is -3.53. The monoisotopic (exact) mass is 458 g/mol. The van der Waals surface area contributed by atoms with Crippen molar-refractivity contribution in [1.29, 1.82) is 0 Å². The second-order valence-corrected chi connectivity index (χ2v) is 10.7. The highest BCUT2D eigenvalue weighted by atomic mass is 32.2. The van der Waals surface area contributed by atoms with Gasteiger partial charge in [-0.25, -0.2) is 23.1 Å². The summed E-state index contributed by atoms with van der Waals surface area (Å²) in [5, 5.41) is 25.9. The van der Waals surface area contributed by atoms with Crippen molar-refractivity contribution in [1.82, 2.24) is 19.6 Å². The van der Waals surface area contributed by atoms with Crippen LogP contribution in [-0.2, 0) is 15.4 Å². The summed E-state index contributed by atoms with van der Waals surface area (Å²) in [4.78, 5) is 11.1. The Morgan fingerprint density at radius 2 is 2.03 bits per heavy atom. The molecular weight excluding hydrogens is 432 g/mol. The molecule has 2 aromatic heterocycles. The van der Waals surface area contributed by atoms with Crippen molar-refractivity contribution in [3.8, 4) is 0 Å². The normalized spacial score (nSPS) is 20.9. The molecule has 11 nitrogen and oxygen atoms in total. The second-order valence-electron chi connectivity index (χ2n) is 8.88. The Balaban J connectivity index is 1.38. The highest BCUT2D eigenvalue weighted by molar-refractivity contribution is 7.89. The lowest BCUT2D eigenvalue weighted by Crippen LogP contribution is -2.42. The lowest BCUT2D eigenvalue weighted by molar-refractivity contribution is 0.137. The fourth-order valence-corrected chi connectivity index (χ4v) is 5.25. The van der Waals surface area contributed by atoms with E-state index in [0.717, 1.165) is 16.9 Å². The van der Waals surface area contributed by atoms with Crippen molar-refractivity contribution in [2.45, 2.75) is 43.6 Å². The Hall–Kier alpha value is -2.96. The van der Waals surface area contributed by atoms with Gasteiger partial charge in [-0.15, -0.1) is 5.10 Å². The van der Waals surface area contributed by atoms with Crippen LogP contribution < -0.4 is 20.7 Å². The fraction of sp³-hybridized carbons (Fsp3) is 0.450. The van der Waals surface area contributed by atoms with E-state index in [2.05, 4.69) is 25.7 Å². The predicted octanol–water partition coefficient (Wildman–Crippen LogP) is 1.15. The van der Waals surface area contributed by atoms with Gasteiger partial charge in [0.25, 0.3) is 0 Å². The maximum atomic E-state index is 11.6. The molecule has 5 rings (SSSR count). The zero-order valence-electron chi connectivity index (χ0n) is 17.9. The molecule has 12 heteroatoms. The van der Waals surface area contributed by atoms with Gasteiger partial charge in [0.05, 0.1) is 5.25 Å². The van der Waals surface area contributed by atoms with E-state index in [4.69, 9.17) is 5.14 Å². The molecule has 0 amide bonds. The van der Waals surface area contributed by atoms with Crippen LogP contribution in [0.3, 0.4) is 0 Å². The number of anilines is 4. The molecule has 0 bridgehead atoms. The van der Waals surface area contributed by atoms with Crippen molar-refractivity contribution < 1.29 is 13.5 Å². The van der Waals surface area contributed by atoms with Gasteiger partial charge in [0, 0.05) is 42.3 Å². The zero-order valence-corrected chi connectivity index (χ0v) is 18.7. The lowest BCUT2D eigenvalue weighted by Gasteiger charge is -2.31. The number of primary sulfonamides is 1. The van der Waals surface area contributed by atoms with Gasteiger partial charge in [0.1, 0.15) is 6.23 Å². The van der Waals surface area contributed by atoms with Crippen LogP contribution in [0.1, 0.15) is 32.3 Å². The van der Waals surface area contributed by atoms with Crippen molar-refractivity contribution >= 4 is 38.8 Å². The first kappa shape index (κ1) is 20.9. The van der Waals surface area contributed by atoms with E-state index in [1.165, 1.54) is 0 Å². The number of nitrogens with two attached hydrogens (primary N) is 1. The number of rotatable bonds is 4. The third kappa shape index (κ3) is 3.53. The molecule has 0 radical (unpaired) electrons. The maximum absolute atomic E-state index is 11.6. The van der Waals surface area contributed by atoms with Gasteiger partial charge in [-0.05, 0) is 30.5 Å². The molecule has 32 heavy (non-hydrogen) atoms. The number of nitrogens with one attached hydrogen (secondary N) is 2. The van der Waals surface area contributed by atoms with Crippen molar-refractivity contribution in [2.24, 2.45) is 5.14 Å². The first-order valence-electron chi connectivity index (χ1n) is 10.5. The standard InChI is InChI=1S/C20H26N8O3S/c1-20(2)14-4-3-12(11-15(14)24-18(20)29)23-19-25-17-16(22-7-10-28(17)26-19)27-8-5-13(6-9-27)32(21,30)31/h3-4,7,10-11,13,18,24,29H,5-6,8-9H2,1-2H3,(H,23,26)(H2,21,30,31). The van der Waals surface area contributed by atoms with Gasteiger partial charge >= 0.3 is 0 Å². The van der Waals surface area contributed by atoms with Gasteiger partial charge < -0.3 is 20.6 Å². The molecule has 2 aliphatic rings. The molecule has 4 heterocycles. The number of hydrogen-bond acceptors (Lipinski definition) is 9. The Labute approximate surface area is 185 Å². The molecule has 170 valence electrons. The average molecular weight is 459 g/mol. The molecule has 5 N–H and O–H groups in total. The molecule has 1 aromatic carbocycles. The fourth-order valence-electron chi connectivity index (χ4n) is 4.38. The van der Waals surface area contributed by atoms with Gasteiger partial charge in [-0.2, -0.15) is 4.98 Å². The molecule has 0 aliphatic carbocycles. The third-order valence-corrected chi connectivity index (χ3v) is 7.79. The zero-order chi connectivity index (χ0) is 22.7. The summed E-state index contributed by atoms with van der Waals surface area (Å²) in [6.07, 6.45) is 3.62. The van der Waals surface area contributed by atoms with Gasteiger partial charge in [0.15, 0.2) is 11.5 Å². The maximum Gasteiger partial charge on any atom is 0.247 e. The third-order valence-electron chi connectivity index (χ3n) is 6.39. The molecule has 1 saturated heterocycles. The van der Waals surface area contributed by atoms with Gasteiger partial charge in [-0.3, -0.25) is 0 Å². The molecule has 1 atom stereocenters. The summed E-state index contributed by atoms with van der Waals surface area (Å²) in [6.45, 7) is 5.04. The van der Waals surface area contributed by atoms with Crippen LogP contribution in [0.5, 0.6) is 0 Å².